The lowest BCUT2D eigenvalue weighted by molar-refractivity contribution is -0.144. The van der Waals surface area contributed by atoms with E-state index in [9.17, 15) is 9.90 Å². The number of benzene rings is 2. The van der Waals surface area contributed by atoms with E-state index in [2.05, 4.69) is 83.9 Å². The summed E-state index contributed by atoms with van der Waals surface area (Å²) >= 11 is 0. The zero-order valence-electron chi connectivity index (χ0n) is 19.5. The number of carboxylic acid groups (broad SMARTS) is 1. The second-order valence-electron chi connectivity index (χ2n) is 9.31. The highest BCUT2D eigenvalue weighted by molar-refractivity contribution is 5.77. The van der Waals surface area contributed by atoms with Crippen molar-refractivity contribution in [1.82, 2.24) is 4.90 Å². The van der Waals surface area contributed by atoms with Crippen LogP contribution < -0.4 is 5.32 Å². The number of nitrogens with zero attached hydrogens (tertiary/aromatic N) is 2. The van der Waals surface area contributed by atoms with Crippen LogP contribution in [0.25, 0.3) is 11.1 Å². The fourth-order valence-electron chi connectivity index (χ4n) is 5.34. The molecule has 0 bridgehead atoms. The second kappa shape index (κ2) is 9.82. The summed E-state index contributed by atoms with van der Waals surface area (Å²) < 4.78 is 0. The summed E-state index contributed by atoms with van der Waals surface area (Å²) in [4.78, 5) is 18.7. The number of carbonyl (C=O) groups is 1. The van der Waals surface area contributed by atoms with Crippen LogP contribution in [0.15, 0.2) is 89.1 Å². The van der Waals surface area contributed by atoms with E-state index in [-0.39, 0.29) is 12.0 Å². The van der Waals surface area contributed by atoms with Crippen molar-refractivity contribution in [3.05, 3.63) is 89.7 Å². The normalized spacial score (nSPS) is 24.2. The van der Waals surface area contributed by atoms with Crippen molar-refractivity contribution < 1.29 is 9.90 Å². The lowest BCUT2D eigenvalue weighted by atomic mass is 9.83. The molecule has 0 radical (unpaired) electrons. The molecule has 2 aromatic carbocycles. The number of likely N-dealkylation sites (tertiary alicyclic amines) is 1. The summed E-state index contributed by atoms with van der Waals surface area (Å²) in [6, 6.07) is 16.4. The first-order chi connectivity index (χ1) is 16.6. The summed E-state index contributed by atoms with van der Waals surface area (Å²) in [5.74, 6) is -0.581. The fourth-order valence-corrected chi connectivity index (χ4v) is 5.34. The van der Waals surface area contributed by atoms with Gasteiger partial charge in [-0.05, 0) is 66.8 Å². The van der Waals surface area contributed by atoms with Crippen molar-refractivity contribution in [1.29, 1.82) is 0 Å². The minimum absolute atomic E-state index is 0.0298. The number of hydrogen-bond donors (Lipinski definition) is 2. The maximum Gasteiger partial charge on any atom is 0.320 e. The third-order valence-electron chi connectivity index (χ3n) is 7.20. The number of anilines is 1. The molecule has 0 aromatic heterocycles. The molecule has 0 saturated carbocycles. The van der Waals surface area contributed by atoms with E-state index in [0.29, 0.717) is 6.54 Å². The van der Waals surface area contributed by atoms with Crippen molar-refractivity contribution in [3.8, 4) is 11.1 Å². The Morgan fingerprint density at radius 1 is 1.12 bits per heavy atom. The molecular weight excluding hydrogens is 422 g/mol. The highest BCUT2D eigenvalue weighted by Gasteiger charge is 2.34. The quantitative estimate of drug-likeness (QED) is 0.609. The molecule has 5 heteroatoms. The Hall–Kier alpha value is -3.44. The molecule has 174 valence electrons. The smallest absolute Gasteiger partial charge is 0.320 e. The number of allylic oxidation sites excluding steroid dienone is 3. The van der Waals surface area contributed by atoms with E-state index in [1.54, 1.807) is 0 Å². The van der Waals surface area contributed by atoms with Crippen LogP contribution in [0.5, 0.6) is 0 Å². The zero-order valence-corrected chi connectivity index (χ0v) is 19.5. The summed E-state index contributed by atoms with van der Waals surface area (Å²) in [6.07, 6.45) is 13.1. The predicted molar refractivity (Wildman–Crippen MR) is 138 cm³/mol. The van der Waals surface area contributed by atoms with Gasteiger partial charge in [0.1, 0.15) is 6.04 Å². The summed E-state index contributed by atoms with van der Waals surface area (Å²) in [6.45, 7) is 3.66. The molecule has 3 atom stereocenters. The van der Waals surface area contributed by atoms with Crippen molar-refractivity contribution >= 4 is 17.9 Å². The van der Waals surface area contributed by atoms with Crippen LogP contribution in [0.2, 0.25) is 0 Å². The third-order valence-corrected chi connectivity index (χ3v) is 7.20. The molecule has 3 aliphatic rings. The van der Waals surface area contributed by atoms with Crippen LogP contribution in [-0.2, 0) is 4.79 Å². The highest BCUT2D eigenvalue weighted by atomic mass is 16.4. The molecule has 1 fully saturated rings. The number of carboxylic acids is 1. The first-order valence-corrected chi connectivity index (χ1v) is 12.1. The van der Waals surface area contributed by atoms with Gasteiger partial charge < -0.3 is 10.4 Å². The van der Waals surface area contributed by atoms with E-state index in [1.807, 2.05) is 12.3 Å². The lowest BCUT2D eigenvalue weighted by Gasteiger charge is -2.37. The maximum absolute atomic E-state index is 11.8. The largest absolute Gasteiger partial charge is 0.480 e. The number of aliphatic imine (C=N–C) groups is 1. The average Bonchev–Trinajstić information content (AvgIpc) is 2.86. The Labute approximate surface area is 201 Å². The van der Waals surface area contributed by atoms with Crippen LogP contribution in [0.3, 0.4) is 0 Å². The first-order valence-electron chi connectivity index (χ1n) is 12.1. The van der Waals surface area contributed by atoms with Crippen molar-refractivity contribution in [3.63, 3.8) is 0 Å². The number of piperidine rings is 1. The molecule has 2 aliphatic heterocycles. The number of fused-ring (bicyclic) bond motifs is 1. The van der Waals surface area contributed by atoms with Gasteiger partial charge in [-0.25, -0.2) is 0 Å². The monoisotopic (exact) mass is 453 g/mol. The van der Waals surface area contributed by atoms with Gasteiger partial charge in [0.05, 0.1) is 6.04 Å². The maximum atomic E-state index is 11.8. The molecule has 5 rings (SSSR count). The summed E-state index contributed by atoms with van der Waals surface area (Å²) in [7, 11) is 0. The van der Waals surface area contributed by atoms with Crippen LogP contribution in [0, 0.1) is 12.8 Å². The molecule has 1 saturated heterocycles. The van der Waals surface area contributed by atoms with Gasteiger partial charge in [-0.15, -0.1) is 0 Å². The molecule has 2 aromatic rings. The van der Waals surface area contributed by atoms with E-state index in [4.69, 9.17) is 4.99 Å². The fraction of sp³-hybridized carbons (Fsp3) is 0.310. The van der Waals surface area contributed by atoms with Crippen molar-refractivity contribution in [2.24, 2.45) is 10.9 Å². The molecule has 34 heavy (non-hydrogen) atoms. The minimum atomic E-state index is -0.712. The van der Waals surface area contributed by atoms with Crippen molar-refractivity contribution in [2.45, 2.75) is 38.3 Å². The Kier molecular flexibility index (Phi) is 6.45. The third kappa shape index (κ3) is 4.48. The van der Waals surface area contributed by atoms with Gasteiger partial charge in [0, 0.05) is 30.1 Å². The van der Waals surface area contributed by atoms with E-state index < -0.39 is 12.0 Å². The molecule has 0 amide bonds. The van der Waals surface area contributed by atoms with Crippen LogP contribution in [0.4, 0.5) is 5.69 Å². The van der Waals surface area contributed by atoms with Gasteiger partial charge in [-0.3, -0.25) is 14.7 Å². The summed E-state index contributed by atoms with van der Waals surface area (Å²) in [5.41, 5.74) is 6.99. The van der Waals surface area contributed by atoms with Gasteiger partial charge in [0.15, 0.2) is 0 Å². The Bertz CT molecular complexity index is 1180. The Morgan fingerprint density at radius 2 is 1.97 bits per heavy atom. The van der Waals surface area contributed by atoms with Crippen LogP contribution >= 0.6 is 0 Å². The molecule has 3 unspecified atom stereocenters. The number of dihydropyridines is 1. The molecule has 2 heterocycles. The lowest BCUT2D eigenvalue weighted by Crippen LogP contribution is -2.46. The van der Waals surface area contributed by atoms with E-state index in [0.717, 1.165) is 37.2 Å². The average molecular weight is 454 g/mol. The highest BCUT2D eigenvalue weighted by Crippen LogP contribution is 2.35. The number of hydrogen-bond acceptors (Lipinski definition) is 4. The molecule has 5 nitrogen and oxygen atoms in total. The van der Waals surface area contributed by atoms with Gasteiger partial charge in [0.25, 0.3) is 0 Å². The van der Waals surface area contributed by atoms with Crippen molar-refractivity contribution in [2.75, 3.05) is 18.4 Å². The Balaban J connectivity index is 1.35. The van der Waals surface area contributed by atoms with Gasteiger partial charge in [-0.1, -0.05) is 61.0 Å². The van der Waals surface area contributed by atoms with Gasteiger partial charge in [-0.2, -0.15) is 0 Å². The molecule has 0 spiro atoms. The molecule has 1 aliphatic carbocycles. The second-order valence-corrected chi connectivity index (χ2v) is 9.31. The number of aliphatic carboxylic acids is 1. The standard InChI is InChI=1S/C29H31N3O2/c1-20-23(21-9-3-2-4-10-21)11-7-13-25(20)31-26-14-8-12-24-22(16-17-30-28(24)26)19-32-18-6-5-15-27(32)29(33)34/h2-4,7-14,16-17,24,27-28,31H,5-6,15,18-19H2,1H3,(H,33,34). The Morgan fingerprint density at radius 3 is 2.79 bits per heavy atom. The van der Waals surface area contributed by atoms with Gasteiger partial charge >= 0.3 is 5.97 Å². The number of rotatable bonds is 6. The number of nitrogens with one attached hydrogen (secondary N) is 1. The molecular formula is C29H31N3O2. The van der Waals surface area contributed by atoms with Crippen LogP contribution in [-0.4, -0.2) is 47.4 Å². The SMILES string of the molecule is Cc1c(NC2=CC=CC3C(CN4CCCCC4C(=O)O)=CC=NC23)cccc1-c1ccccc1. The van der Waals surface area contributed by atoms with E-state index >= 15 is 0 Å². The van der Waals surface area contributed by atoms with E-state index in [1.165, 1.54) is 22.3 Å². The summed E-state index contributed by atoms with van der Waals surface area (Å²) in [5, 5.41) is 13.4. The minimum Gasteiger partial charge on any atom is -0.480 e. The molecule has 2 N–H and O–H groups in total. The topological polar surface area (TPSA) is 64.9 Å². The predicted octanol–water partition coefficient (Wildman–Crippen LogP) is 5.46. The van der Waals surface area contributed by atoms with Gasteiger partial charge in [0.2, 0.25) is 0 Å². The first kappa shape index (κ1) is 22.4. The zero-order chi connectivity index (χ0) is 23.5. The van der Waals surface area contributed by atoms with Crippen LogP contribution in [0.1, 0.15) is 24.8 Å².